The smallest absolute Gasteiger partial charge is 0.247 e. The topological polar surface area (TPSA) is 69.7 Å². The lowest BCUT2D eigenvalue weighted by molar-refractivity contribution is -0.118. The van der Waals surface area contributed by atoms with Crippen LogP contribution in [0.3, 0.4) is 0 Å². The molecule has 0 saturated carbocycles. The second-order valence-electron chi connectivity index (χ2n) is 5.66. The SMILES string of the molecule is CN(C)S(=O)(=O)c1ccc2c(c1)NC(=O)[C@@H]1CCCCN21. The molecule has 3 rings (SSSR count). The Morgan fingerprint density at radius 2 is 2.05 bits per heavy atom. The molecule has 2 heterocycles. The van der Waals surface area contributed by atoms with Crippen LogP contribution >= 0.6 is 0 Å². The highest BCUT2D eigenvalue weighted by atomic mass is 32.2. The Morgan fingerprint density at radius 3 is 2.76 bits per heavy atom. The molecule has 0 aliphatic carbocycles. The van der Waals surface area contributed by atoms with E-state index in [2.05, 4.69) is 10.2 Å². The molecular weight excluding hydrogens is 290 g/mol. The van der Waals surface area contributed by atoms with Crippen LogP contribution in [0.4, 0.5) is 11.4 Å². The van der Waals surface area contributed by atoms with Crippen molar-refractivity contribution in [3.63, 3.8) is 0 Å². The highest BCUT2D eigenvalue weighted by molar-refractivity contribution is 7.89. The molecule has 1 fully saturated rings. The number of anilines is 2. The summed E-state index contributed by atoms with van der Waals surface area (Å²) in [4.78, 5) is 14.5. The number of amides is 1. The van der Waals surface area contributed by atoms with Crippen LogP contribution in [-0.2, 0) is 14.8 Å². The molecule has 0 aromatic heterocycles. The molecule has 7 heteroatoms. The van der Waals surface area contributed by atoms with E-state index in [4.69, 9.17) is 0 Å². The molecule has 2 aliphatic rings. The molecule has 1 saturated heterocycles. The second-order valence-corrected chi connectivity index (χ2v) is 7.81. The Morgan fingerprint density at radius 1 is 1.29 bits per heavy atom. The van der Waals surface area contributed by atoms with E-state index in [0.29, 0.717) is 5.69 Å². The normalized spacial score (nSPS) is 21.8. The van der Waals surface area contributed by atoms with Gasteiger partial charge in [0.2, 0.25) is 15.9 Å². The van der Waals surface area contributed by atoms with Crippen LogP contribution in [0, 0.1) is 0 Å². The van der Waals surface area contributed by atoms with Gasteiger partial charge in [0.1, 0.15) is 6.04 Å². The number of hydrogen-bond donors (Lipinski definition) is 1. The summed E-state index contributed by atoms with van der Waals surface area (Å²) < 4.78 is 25.5. The van der Waals surface area contributed by atoms with Gasteiger partial charge in [-0.05, 0) is 37.5 Å². The van der Waals surface area contributed by atoms with E-state index in [0.717, 1.165) is 31.5 Å². The fourth-order valence-corrected chi connectivity index (χ4v) is 3.87. The molecule has 1 aromatic rings. The zero-order chi connectivity index (χ0) is 15.2. The number of nitrogens with one attached hydrogen (secondary N) is 1. The minimum atomic E-state index is -3.49. The Balaban J connectivity index is 2.05. The summed E-state index contributed by atoms with van der Waals surface area (Å²) in [5.74, 6) is -0.0402. The predicted molar refractivity (Wildman–Crippen MR) is 80.9 cm³/mol. The van der Waals surface area contributed by atoms with E-state index in [-0.39, 0.29) is 16.8 Å². The van der Waals surface area contributed by atoms with Gasteiger partial charge in [-0.2, -0.15) is 0 Å². The summed E-state index contributed by atoms with van der Waals surface area (Å²) in [6.45, 7) is 0.838. The molecule has 1 atom stereocenters. The standard InChI is InChI=1S/C14H19N3O3S/c1-16(2)21(19,20)10-6-7-12-11(9-10)15-14(18)13-5-3-4-8-17(12)13/h6-7,9,13H,3-5,8H2,1-2H3,(H,15,18)/t13-/m0/s1. The fraction of sp³-hybridized carbons (Fsp3) is 0.500. The van der Waals surface area contributed by atoms with Crippen LogP contribution in [0.5, 0.6) is 0 Å². The molecule has 1 N–H and O–H groups in total. The molecule has 0 radical (unpaired) electrons. The third kappa shape index (κ3) is 2.30. The maximum absolute atomic E-state index is 12.2. The molecule has 114 valence electrons. The first kappa shape index (κ1) is 14.3. The zero-order valence-corrected chi connectivity index (χ0v) is 13.0. The maximum Gasteiger partial charge on any atom is 0.247 e. The summed E-state index contributed by atoms with van der Waals surface area (Å²) >= 11 is 0. The summed E-state index contributed by atoms with van der Waals surface area (Å²) in [5, 5.41) is 2.85. The van der Waals surface area contributed by atoms with Crippen molar-refractivity contribution in [2.45, 2.75) is 30.2 Å². The Hall–Kier alpha value is -1.60. The number of rotatable bonds is 2. The molecule has 0 spiro atoms. The molecular formula is C14H19N3O3S. The molecule has 1 amide bonds. The Kier molecular flexibility index (Phi) is 3.41. The molecule has 2 aliphatic heterocycles. The van der Waals surface area contributed by atoms with Crippen molar-refractivity contribution in [3.05, 3.63) is 18.2 Å². The second kappa shape index (κ2) is 4.99. The summed E-state index contributed by atoms with van der Waals surface area (Å²) in [6, 6.07) is 4.83. The largest absolute Gasteiger partial charge is 0.358 e. The number of hydrogen-bond acceptors (Lipinski definition) is 4. The number of fused-ring (bicyclic) bond motifs is 3. The van der Waals surface area contributed by atoms with Crippen LogP contribution in [0.15, 0.2) is 23.1 Å². The van der Waals surface area contributed by atoms with Crippen LogP contribution in [0.25, 0.3) is 0 Å². The van der Waals surface area contributed by atoms with Crippen molar-refractivity contribution in [3.8, 4) is 0 Å². The fourth-order valence-electron chi connectivity index (χ4n) is 2.95. The van der Waals surface area contributed by atoms with Crippen LogP contribution < -0.4 is 10.2 Å². The minimum absolute atomic E-state index is 0.0402. The lowest BCUT2D eigenvalue weighted by Gasteiger charge is -2.41. The van der Waals surface area contributed by atoms with Crippen molar-refractivity contribution in [2.24, 2.45) is 0 Å². The molecule has 0 bridgehead atoms. The highest BCUT2D eigenvalue weighted by Gasteiger charge is 2.35. The van der Waals surface area contributed by atoms with Crippen LogP contribution in [0.2, 0.25) is 0 Å². The Labute approximate surface area is 124 Å². The lowest BCUT2D eigenvalue weighted by Crippen LogP contribution is -2.50. The molecule has 21 heavy (non-hydrogen) atoms. The Bertz CT molecular complexity index is 685. The first-order chi connectivity index (χ1) is 9.91. The van der Waals surface area contributed by atoms with Gasteiger partial charge in [0.05, 0.1) is 16.3 Å². The highest BCUT2D eigenvalue weighted by Crippen LogP contribution is 2.37. The summed E-state index contributed by atoms with van der Waals surface area (Å²) in [7, 11) is -0.505. The number of carbonyl (C=O) groups excluding carboxylic acids is 1. The van der Waals surface area contributed by atoms with Crippen molar-refractivity contribution in [2.75, 3.05) is 30.9 Å². The maximum atomic E-state index is 12.2. The monoisotopic (exact) mass is 309 g/mol. The summed E-state index contributed by atoms with van der Waals surface area (Å²) in [6.07, 6.45) is 2.96. The van der Waals surface area contributed by atoms with Crippen LogP contribution in [-0.4, -0.2) is 45.3 Å². The van der Waals surface area contributed by atoms with Gasteiger partial charge < -0.3 is 10.2 Å². The average Bonchev–Trinajstić information content (AvgIpc) is 2.47. The van der Waals surface area contributed by atoms with E-state index in [1.54, 1.807) is 18.2 Å². The van der Waals surface area contributed by atoms with Gasteiger partial charge in [-0.3, -0.25) is 4.79 Å². The van der Waals surface area contributed by atoms with Crippen LogP contribution in [0.1, 0.15) is 19.3 Å². The van der Waals surface area contributed by atoms with Gasteiger partial charge in [-0.1, -0.05) is 0 Å². The molecule has 6 nitrogen and oxygen atoms in total. The number of benzene rings is 1. The van der Waals surface area contributed by atoms with E-state index in [1.165, 1.54) is 18.4 Å². The van der Waals surface area contributed by atoms with E-state index >= 15 is 0 Å². The third-order valence-electron chi connectivity index (χ3n) is 4.12. The minimum Gasteiger partial charge on any atom is -0.358 e. The van der Waals surface area contributed by atoms with Gasteiger partial charge in [-0.25, -0.2) is 12.7 Å². The van der Waals surface area contributed by atoms with E-state index in [9.17, 15) is 13.2 Å². The summed E-state index contributed by atoms with van der Waals surface area (Å²) in [5.41, 5.74) is 1.50. The first-order valence-corrected chi connectivity index (χ1v) is 8.49. The van der Waals surface area contributed by atoms with Gasteiger partial charge in [-0.15, -0.1) is 0 Å². The van der Waals surface area contributed by atoms with E-state index in [1.807, 2.05) is 0 Å². The van der Waals surface area contributed by atoms with Gasteiger partial charge >= 0.3 is 0 Å². The molecule has 1 aromatic carbocycles. The third-order valence-corrected chi connectivity index (χ3v) is 5.93. The number of piperidine rings is 1. The quantitative estimate of drug-likeness (QED) is 0.892. The van der Waals surface area contributed by atoms with Crippen molar-refractivity contribution in [1.82, 2.24) is 4.31 Å². The van der Waals surface area contributed by atoms with Gasteiger partial charge in [0.25, 0.3) is 0 Å². The van der Waals surface area contributed by atoms with Gasteiger partial charge in [0, 0.05) is 20.6 Å². The first-order valence-electron chi connectivity index (χ1n) is 7.05. The number of sulfonamides is 1. The van der Waals surface area contributed by atoms with Crippen molar-refractivity contribution < 1.29 is 13.2 Å². The zero-order valence-electron chi connectivity index (χ0n) is 12.2. The van der Waals surface area contributed by atoms with Crippen molar-refractivity contribution in [1.29, 1.82) is 0 Å². The number of carbonyl (C=O) groups is 1. The number of nitrogens with zero attached hydrogens (tertiary/aromatic N) is 2. The van der Waals surface area contributed by atoms with Gasteiger partial charge in [0.15, 0.2) is 0 Å². The van der Waals surface area contributed by atoms with Crippen molar-refractivity contribution >= 4 is 27.3 Å². The predicted octanol–water partition coefficient (Wildman–Crippen LogP) is 1.25. The average molecular weight is 309 g/mol. The lowest BCUT2D eigenvalue weighted by atomic mass is 9.97. The van der Waals surface area contributed by atoms with E-state index < -0.39 is 10.0 Å². The molecule has 0 unspecified atom stereocenters.